The predicted molar refractivity (Wildman–Crippen MR) is 56.0 cm³/mol. The van der Waals surface area contributed by atoms with Crippen LogP contribution in [0.25, 0.3) is 0 Å². The van der Waals surface area contributed by atoms with Crippen molar-refractivity contribution in [2.24, 2.45) is 0 Å². The summed E-state index contributed by atoms with van der Waals surface area (Å²) in [5.74, 6) is 0. The lowest BCUT2D eigenvalue weighted by molar-refractivity contribution is -0.759. The average molecular weight is 260 g/mol. The van der Waals surface area contributed by atoms with Crippen molar-refractivity contribution in [2.45, 2.75) is 16.8 Å². The molecule has 0 aliphatic carbocycles. The van der Waals surface area contributed by atoms with E-state index < -0.39 is 29.6 Å². The molecule has 0 amide bonds. The third kappa shape index (κ3) is 1.84. The largest absolute Gasteiger partial charge is 0.557 e. The summed E-state index contributed by atoms with van der Waals surface area (Å²) in [6.45, 7) is 0.454. The number of nitrogens with zero attached hydrogens (tertiary/aromatic N) is 2. The summed E-state index contributed by atoms with van der Waals surface area (Å²) in [7, 11) is -4.70. The van der Waals surface area contributed by atoms with Crippen molar-refractivity contribution >= 4 is 9.84 Å². The Kier molecular flexibility index (Phi) is 3.14. The molecule has 92 valence electrons. The van der Waals surface area contributed by atoms with Crippen molar-refractivity contribution in [2.75, 3.05) is 0 Å². The van der Waals surface area contributed by atoms with Gasteiger partial charge in [0.05, 0.1) is 11.8 Å². The van der Waals surface area contributed by atoms with E-state index in [1.165, 1.54) is 18.2 Å². The number of benzene rings is 1. The Morgan fingerprint density at radius 1 is 1.06 bits per heavy atom. The van der Waals surface area contributed by atoms with Crippen molar-refractivity contribution in [1.29, 1.82) is 0 Å². The van der Waals surface area contributed by atoms with Crippen molar-refractivity contribution in [3.8, 4) is 0 Å². The van der Waals surface area contributed by atoms with Crippen LogP contribution in [0.5, 0.6) is 0 Å². The number of hydrogen-bond donors (Lipinski definition) is 0. The molecule has 0 aromatic heterocycles. The minimum atomic E-state index is -4.70. The first-order chi connectivity index (χ1) is 7.74. The van der Waals surface area contributed by atoms with Gasteiger partial charge in [0.25, 0.3) is 0 Å². The van der Waals surface area contributed by atoms with Gasteiger partial charge in [-0.05, 0) is 12.1 Å². The van der Waals surface area contributed by atoms with Crippen LogP contribution in [0.3, 0.4) is 0 Å². The molecule has 8 nitrogen and oxygen atoms in total. The van der Waals surface area contributed by atoms with Gasteiger partial charge in [0.1, 0.15) is 9.85 Å². The van der Waals surface area contributed by atoms with Crippen LogP contribution < -0.4 is 0 Å². The Balaban J connectivity index is 3.51. The number of nitro groups is 2. The smallest absolute Gasteiger partial charge is 0.257 e. The zero-order valence-electron chi connectivity index (χ0n) is 8.64. The third-order valence-electron chi connectivity index (χ3n) is 2.24. The van der Waals surface area contributed by atoms with Crippen molar-refractivity contribution in [3.05, 3.63) is 50.6 Å². The lowest BCUT2D eigenvalue weighted by atomic mass is 10.4. The van der Waals surface area contributed by atoms with Gasteiger partial charge in [0.15, 0.2) is 0 Å². The van der Waals surface area contributed by atoms with Crippen LogP contribution in [0.15, 0.2) is 35.2 Å². The highest BCUT2D eigenvalue weighted by Crippen LogP contribution is 2.26. The Labute approximate surface area is 96.1 Å². The molecule has 9 heteroatoms. The molecule has 0 spiro atoms. The zero-order valence-corrected chi connectivity index (χ0v) is 9.46. The summed E-state index contributed by atoms with van der Waals surface area (Å²) >= 11 is 0. The third-order valence-corrected chi connectivity index (χ3v) is 4.45. The number of sulfone groups is 1. The van der Waals surface area contributed by atoms with E-state index in [0.717, 1.165) is 12.1 Å². The molecule has 1 aromatic rings. The van der Waals surface area contributed by atoms with E-state index in [2.05, 4.69) is 0 Å². The van der Waals surface area contributed by atoms with E-state index in [1.807, 2.05) is 0 Å². The van der Waals surface area contributed by atoms with Gasteiger partial charge >= 0.3 is 14.8 Å². The average Bonchev–Trinajstić information content (AvgIpc) is 2.28. The van der Waals surface area contributed by atoms with Gasteiger partial charge < -0.3 is 0 Å². The lowest BCUT2D eigenvalue weighted by Crippen LogP contribution is -2.50. The van der Waals surface area contributed by atoms with E-state index in [9.17, 15) is 28.6 Å². The van der Waals surface area contributed by atoms with E-state index in [1.54, 1.807) is 0 Å². The Morgan fingerprint density at radius 3 is 1.82 bits per heavy atom. The molecule has 0 aliphatic rings. The Morgan fingerprint density at radius 2 is 1.47 bits per heavy atom. The maximum absolute atomic E-state index is 11.9. The molecule has 0 heterocycles. The molecule has 0 bridgehead atoms. The first-order valence-electron chi connectivity index (χ1n) is 4.33. The second kappa shape index (κ2) is 4.09. The number of rotatable bonds is 4. The fourth-order valence-corrected chi connectivity index (χ4v) is 2.44. The molecular formula is C8H8N2O6S. The first-order valence-corrected chi connectivity index (χ1v) is 5.81. The minimum Gasteiger partial charge on any atom is -0.257 e. The van der Waals surface area contributed by atoms with Crippen molar-refractivity contribution in [1.82, 2.24) is 0 Å². The van der Waals surface area contributed by atoms with Crippen LogP contribution in [0, 0.1) is 20.2 Å². The second-order valence-corrected chi connectivity index (χ2v) is 5.52. The van der Waals surface area contributed by atoms with E-state index in [-0.39, 0.29) is 0 Å². The van der Waals surface area contributed by atoms with Gasteiger partial charge in [-0.15, -0.1) is 0 Å². The summed E-state index contributed by atoms with van der Waals surface area (Å²) in [5.41, 5.74) is 0. The summed E-state index contributed by atoms with van der Waals surface area (Å²) in [6.07, 6.45) is 0. The quantitative estimate of drug-likeness (QED) is 0.446. The summed E-state index contributed by atoms with van der Waals surface area (Å²) in [5, 5.41) is 21.3. The number of hydrogen-bond acceptors (Lipinski definition) is 6. The van der Waals surface area contributed by atoms with Crippen LogP contribution >= 0.6 is 0 Å². The molecule has 0 saturated heterocycles. The molecule has 0 atom stereocenters. The molecule has 0 saturated carbocycles. The summed E-state index contributed by atoms with van der Waals surface area (Å²) < 4.78 is 23.7. The molecule has 0 aliphatic heterocycles. The highest BCUT2D eigenvalue weighted by Gasteiger charge is 2.64. The minimum absolute atomic E-state index is 0.454. The van der Waals surface area contributed by atoms with Crippen LogP contribution in [0.4, 0.5) is 0 Å². The molecule has 0 fully saturated rings. The van der Waals surface area contributed by atoms with Gasteiger partial charge in [-0.25, -0.2) is 8.42 Å². The highest BCUT2D eigenvalue weighted by atomic mass is 32.2. The van der Waals surface area contributed by atoms with Gasteiger partial charge in [-0.1, -0.05) is 18.2 Å². The summed E-state index contributed by atoms with van der Waals surface area (Å²) in [4.78, 5) is 14.7. The molecule has 1 rings (SSSR count). The molecule has 17 heavy (non-hydrogen) atoms. The van der Waals surface area contributed by atoms with Crippen LogP contribution in [0.1, 0.15) is 6.92 Å². The van der Waals surface area contributed by atoms with E-state index in [0.29, 0.717) is 6.92 Å². The lowest BCUT2D eigenvalue weighted by Gasteiger charge is -2.12. The van der Waals surface area contributed by atoms with Gasteiger partial charge in [0, 0.05) is 0 Å². The van der Waals surface area contributed by atoms with Crippen LogP contribution in [0.2, 0.25) is 0 Å². The van der Waals surface area contributed by atoms with Crippen molar-refractivity contribution < 1.29 is 18.3 Å². The summed E-state index contributed by atoms with van der Waals surface area (Å²) in [6, 6.07) is 6.29. The van der Waals surface area contributed by atoms with Crippen LogP contribution in [-0.2, 0) is 9.84 Å². The van der Waals surface area contributed by atoms with Gasteiger partial charge in [-0.2, -0.15) is 0 Å². The fraction of sp³-hybridized carbons (Fsp3) is 0.250. The molecule has 0 N–H and O–H groups in total. The molecule has 0 radical (unpaired) electrons. The van der Waals surface area contributed by atoms with Crippen molar-refractivity contribution in [3.63, 3.8) is 0 Å². The molecule has 0 unspecified atom stereocenters. The maximum Gasteiger partial charge on any atom is 0.557 e. The van der Waals surface area contributed by atoms with E-state index >= 15 is 0 Å². The highest BCUT2D eigenvalue weighted by molar-refractivity contribution is 7.92. The van der Waals surface area contributed by atoms with Crippen LogP contribution in [-0.4, -0.2) is 23.3 Å². The maximum atomic E-state index is 11.9. The normalized spacial score (nSPS) is 12.1. The Bertz CT molecular complexity index is 539. The SMILES string of the molecule is CC([N+](=O)[O-])([N+](=O)[O-])S(=O)(=O)c1ccccc1. The topological polar surface area (TPSA) is 120 Å². The monoisotopic (exact) mass is 260 g/mol. The Hall–Kier alpha value is -2.03. The second-order valence-electron chi connectivity index (χ2n) is 3.26. The first kappa shape index (κ1) is 13.0. The molecular weight excluding hydrogens is 252 g/mol. The van der Waals surface area contributed by atoms with E-state index in [4.69, 9.17) is 0 Å². The van der Waals surface area contributed by atoms with Gasteiger partial charge in [0.2, 0.25) is 0 Å². The fourth-order valence-electron chi connectivity index (χ4n) is 1.09. The molecule has 1 aromatic carbocycles. The zero-order chi connectivity index (χ0) is 13.3. The van der Waals surface area contributed by atoms with Gasteiger partial charge in [-0.3, -0.25) is 20.2 Å². The standard InChI is InChI=1S/C8H8N2O6S/c1-8(9(11)12,10(13)14)17(15,16)7-5-3-2-4-6-7/h2-6H,1H3. The predicted octanol–water partition coefficient (Wildman–Crippen LogP) is 0.687.